The number of carbonyl (C=O) groups excluding carboxylic acids is 1. The van der Waals surface area contributed by atoms with Gasteiger partial charge in [-0.25, -0.2) is 13.1 Å². The Hall–Kier alpha value is -1.44. The minimum atomic E-state index is -3.38. The van der Waals surface area contributed by atoms with E-state index in [-0.39, 0.29) is 10.8 Å². The van der Waals surface area contributed by atoms with Crippen molar-refractivity contribution in [2.75, 3.05) is 26.7 Å². The maximum atomic E-state index is 11.7. The molecule has 2 rings (SSSR count). The van der Waals surface area contributed by atoms with Crippen LogP contribution in [0.1, 0.15) is 25.3 Å². The van der Waals surface area contributed by atoms with Gasteiger partial charge in [-0.1, -0.05) is 12.1 Å². The van der Waals surface area contributed by atoms with Crippen LogP contribution in [0, 0.1) is 5.92 Å². The number of nitrogens with one attached hydrogen (secondary N) is 2. The van der Waals surface area contributed by atoms with Gasteiger partial charge in [0, 0.05) is 26.6 Å². The van der Waals surface area contributed by atoms with Crippen molar-refractivity contribution in [2.45, 2.75) is 31.2 Å². The number of likely N-dealkylation sites (tertiary alicyclic amines) is 1. The van der Waals surface area contributed by atoms with Crippen LogP contribution in [0.2, 0.25) is 0 Å². The fourth-order valence-corrected chi connectivity index (χ4v) is 3.63. The molecule has 7 heteroatoms. The minimum absolute atomic E-state index is 0.0171. The maximum absolute atomic E-state index is 11.7. The highest BCUT2D eigenvalue weighted by Crippen LogP contribution is 2.19. The van der Waals surface area contributed by atoms with Crippen molar-refractivity contribution in [2.24, 2.45) is 5.92 Å². The molecule has 1 aliphatic heterocycles. The van der Waals surface area contributed by atoms with Crippen LogP contribution in [0.3, 0.4) is 0 Å². The third kappa shape index (κ3) is 5.30. The Labute approximate surface area is 138 Å². The van der Waals surface area contributed by atoms with Gasteiger partial charge in [0.1, 0.15) is 0 Å². The van der Waals surface area contributed by atoms with Crippen LogP contribution in [-0.4, -0.2) is 45.9 Å². The van der Waals surface area contributed by atoms with Crippen molar-refractivity contribution in [3.63, 3.8) is 0 Å². The summed E-state index contributed by atoms with van der Waals surface area (Å²) in [5, 5.41) is 2.89. The first-order valence-electron chi connectivity index (χ1n) is 7.90. The number of carbonyl (C=O) groups is 1. The zero-order valence-electron chi connectivity index (χ0n) is 13.7. The lowest BCUT2D eigenvalue weighted by Gasteiger charge is -2.32. The fraction of sp³-hybridized carbons (Fsp3) is 0.562. The lowest BCUT2D eigenvalue weighted by atomic mass is 9.97. The first-order chi connectivity index (χ1) is 10.9. The average molecular weight is 339 g/mol. The molecule has 2 N–H and O–H groups in total. The molecule has 1 heterocycles. The van der Waals surface area contributed by atoms with Crippen molar-refractivity contribution in [1.29, 1.82) is 0 Å². The Balaban J connectivity index is 1.92. The molecule has 1 aromatic rings. The first-order valence-corrected chi connectivity index (χ1v) is 9.38. The Kier molecular flexibility index (Phi) is 6.15. The number of amides is 1. The van der Waals surface area contributed by atoms with Gasteiger partial charge in [-0.05, 0) is 50.0 Å². The Bertz CT molecular complexity index is 628. The summed E-state index contributed by atoms with van der Waals surface area (Å²) in [6.45, 7) is 5.06. The highest BCUT2D eigenvalue weighted by atomic mass is 32.2. The van der Waals surface area contributed by atoms with Crippen molar-refractivity contribution in [3.8, 4) is 0 Å². The van der Waals surface area contributed by atoms with Crippen LogP contribution >= 0.6 is 0 Å². The van der Waals surface area contributed by atoms with Crippen LogP contribution in [-0.2, 0) is 21.4 Å². The van der Waals surface area contributed by atoms with Crippen LogP contribution in [0.4, 0.5) is 0 Å². The normalized spacial score (nSPS) is 19.5. The molecule has 0 spiro atoms. The molecule has 1 amide bonds. The van der Waals surface area contributed by atoms with Gasteiger partial charge in [-0.2, -0.15) is 0 Å². The molecule has 1 unspecified atom stereocenters. The third-order valence-electron chi connectivity index (χ3n) is 4.15. The number of hydrogen-bond acceptors (Lipinski definition) is 4. The summed E-state index contributed by atoms with van der Waals surface area (Å²) >= 11 is 0. The average Bonchev–Trinajstić information content (AvgIpc) is 2.54. The van der Waals surface area contributed by atoms with Gasteiger partial charge in [0.2, 0.25) is 15.9 Å². The molecule has 1 aromatic carbocycles. The largest absolute Gasteiger partial charge is 0.356 e. The monoisotopic (exact) mass is 339 g/mol. The second-order valence-electron chi connectivity index (χ2n) is 6.03. The minimum Gasteiger partial charge on any atom is -0.356 e. The molecule has 0 radical (unpaired) electrons. The van der Waals surface area contributed by atoms with Gasteiger partial charge in [0.05, 0.1) is 4.90 Å². The summed E-state index contributed by atoms with van der Waals surface area (Å²) in [6.07, 6.45) is 2.26. The van der Waals surface area contributed by atoms with Crippen molar-refractivity contribution < 1.29 is 13.2 Å². The number of benzene rings is 1. The van der Waals surface area contributed by atoms with E-state index >= 15 is 0 Å². The molecule has 1 saturated heterocycles. The summed E-state index contributed by atoms with van der Waals surface area (Å²) in [5.41, 5.74) is 1.10. The first kappa shape index (κ1) is 17.9. The fourth-order valence-electron chi connectivity index (χ4n) is 2.90. The Morgan fingerprint density at radius 3 is 2.61 bits per heavy atom. The maximum Gasteiger partial charge on any atom is 0.240 e. The molecular weight excluding hydrogens is 314 g/mol. The van der Waals surface area contributed by atoms with Gasteiger partial charge in [0.25, 0.3) is 0 Å². The summed E-state index contributed by atoms with van der Waals surface area (Å²) in [5.74, 6) is 0.500. The molecule has 0 saturated carbocycles. The predicted molar refractivity (Wildman–Crippen MR) is 89.4 cm³/mol. The van der Waals surface area contributed by atoms with Gasteiger partial charge >= 0.3 is 0 Å². The number of hydrogen-bond donors (Lipinski definition) is 2. The van der Waals surface area contributed by atoms with E-state index in [1.54, 1.807) is 19.1 Å². The zero-order valence-corrected chi connectivity index (χ0v) is 14.5. The second kappa shape index (κ2) is 7.90. The molecule has 1 atom stereocenters. The Morgan fingerprint density at radius 2 is 2.00 bits per heavy atom. The molecular formula is C16H25N3O3S. The van der Waals surface area contributed by atoms with Crippen LogP contribution in [0.15, 0.2) is 29.2 Å². The van der Waals surface area contributed by atoms with E-state index in [1.807, 2.05) is 12.1 Å². The number of nitrogens with zero attached hydrogens (tertiary/aromatic N) is 1. The molecule has 23 heavy (non-hydrogen) atoms. The summed E-state index contributed by atoms with van der Waals surface area (Å²) in [4.78, 5) is 13.7. The lowest BCUT2D eigenvalue weighted by molar-refractivity contribution is -0.119. The van der Waals surface area contributed by atoms with Crippen molar-refractivity contribution in [3.05, 3.63) is 29.8 Å². The summed E-state index contributed by atoms with van der Waals surface area (Å²) in [7, 11) is -1.97. The Morgan fingerprint density at radius 1 is 1.30 bits per heavy atom. The van der Waals surface area contributed by atoms with Gasteiger partial charge in [-0.15, -0.1) is 0 Å². The predicted octanol–water partition coefficient (Wildman–Crippen LogP) is 0.943. The third-order valence-corrected chi connectivity index (χ3v) is 5.58. The highest BCUT2D eigenvalue weighted by Gasteiger charge is 2.20. The number of sulfonamides is 1. The van der Waals surface area contributed by atoms with E-state index in [4.69, 9.17) is 0 Å². The summed E-state index contributed by atoms with van der Waals surface area (Å²) < 4.78 is 25.7. The van der Waals surface area contributed by atoms with Crippen LogP contribution in [0.5, 0.6) is 0 Å². The number of piperidine rings is 1. The van der Waals surface area contributed by atoms with E-state index in [0.717, 1.165) is 44.6 Å². The number of rotatable bonds is 6. The molecule has 0 aliphatic carbocycles. The quantitative estimate of drug-likeness (QED) is 0.809. The van der Waals surface area contributed by atoms with E-state index in [0.29, 0.717) is 5.92 Å². The molecule has 1 fully saturated rings. The lowest BCUT2D eigenvalue weighted by Crippen LogP contribution is -2.40. The van der Waals surface area contributed by atoms with Gasteiger partial charge in [0.15, 0.2) is 0 Å². The highest BCUT2D eigenvalue weighted by molar-refractivity contribution is 7.89. The molecule has 0 bridgehead atoms. The molecule has 128 valence electrons. The standard InChI is InChI=1S/C16H25N3O3S/c1-13(20)18-10-15-4-3-9-19(12-15)11-14-5-7-16(8-6-14)23(21,22)17-2/h5-8,15,17H,3-4,9-12H2,1-2H3,(H,18,20). The SMILES string of the molecule is CNS(=O)(=O)c1ccc(CN2CCCC(CNC(C)=O)C2)cc1. The van der Waals surface area contributed by atoms with Crippen molar-refractivity contribution in [1.82, 2.24) is 14.9 Å². The van der Waals surface area contributed by atoms with Gasteiger partial charge in [-0.3, -0.25) is 9.69 Å². The van der Waals surface area contributed by atoms with E-state index in [9.17, 15) is 13.2 Å². The van der Waals surface area contributed by atoms with Crippen LogP contribution < -0.4 is 10.0 Å². The molecule has 0 aromatic heterocycles. The van der Waals surface area contributed by atoms with Crippen LogP contribution in [0.25, 0.3) is 0 Å². The van der Waals surface area contributed by atoms with E-state index < -0.39 is 10.0 Å². The van der Waals surface area contributed by atoms with E-state index in [1.165, 1.54) is 7.05 Å². The van der Waals surface area contributed by atoms with Gasteiger partial charge < -0.3 is 5.32 Å². The van der Waals surface area contributed by atoms with Crippen molar-refractivity contribution >= 4 is 15.9 Å². The zero-order chi connectivity index (χ0) is 16.9. The smallest absolute Gasteiger partial charge is 0.240 e. The topological polar surface area (TPSA) is 78.5 Å². The van der Waals surface area contributed by atoms with E-state index in [2.05, 4.69) is 14.9 Å². The molecule has 1 aliphatic rings. The summed E-state index contributed by atoms with van der Waals surface area (Å²) in [6, 6.07) is 7.00. The molecule has 6 nitrogen and oxygen atoms in total. The second-order valence-corrected chi connectivity index (χ2v) is 7.92.